The maximum atomic E-state index is 12.2. The second-order valence-electron chi connectivity index (χ2n) is 5.41. The number of ether oxygens (including phenoxy) is 1. The summed E-state index contributed by atoms with van der Waals surface area (Å²) in [6.45, 7) is 0. The summed E-state index contributed by atoms with van der Waals surface area (Å²) in [5.41, 5.74) is 0.710. The van der Waals surface area contributed by atoms with Crippen molar-refractivity contribution < 1.29 is 23.8 Å². The maximum Gasteiger partial charge on any atom is 0.199 e. The molecule has 24 heavy (non-hydrogen) atoms. The van der Waals surface area contributed by atoms with Crippen molar-refractivity contribution in [3.63, 3.8) is 0 Å². The van der Waals surface area contributed by atoms with Gasteiger partial charge >= 0.3 is 0 Å². The van der Waals surface area contributed by atoms with Gasteiger partial charge in [0.2, 0.25) is 0 Å². The highest BCUT2D eigenvalue weighted by Crippen LogP contribution is 2.38. The molecule has 5 nitrogen and oxygen atoms in total. The molecule has 3 rings (SSSR count). The molecule has 1 unspecified atom stereocenters. The Labute approximate surface area is 143 Å². The van der Waals surface area contributed by atoms with Gasteiger partial charge in [-0.3, -0.25) is 9.59 Å². The van der Waals surface area contributed by atoms with Crippen molar-refractivity contribution in [1.82, 2.24) is 0 Å². The molecule has 1 saturated heterocycles. The summed E-state index contributed by atoms with van der Waals surface area (Å²) in [7, 11) is 1.48. The third-order valence-corrected chi connectivity index (χ3v) is 4.96. The van der Waals surface area contributed by atoms with Crippen molar-refractivity contribution in [2.24, 2.45) is 0 Å². The zero-order chi connectivity index (χ0) is 17.1. The van der Waals surface area contributed by atoms with Crippen LogP contribution >= 0.6 is 11.8 Å². The summed E-state index contributed by atoms with van der Waals surface area (Å²) in [6.07, 6.45) is 3.77. The predicted molar refractivity (Wildman–Crippen MR) is 91.3 cm³/mol. The van der Waals surface area contributed by atoms with E-state index in [9.17, 15) is 14.7 Å². The van der Waals surface area contributed by atoms with Crippen molar-refractivity contribution in [2.45, 2.75) is 18.1 Å². The van der Waals surface area contributed by atoms with E-state index in [1.165, 1.54) is 25.1 Å². The third kappa shape index (κ3) is 3.54. The van der Waals surface area contributed by atoms with E-state index in [1.807, 2.05) is 0 Å². The first-order valence-corrected chi connectivity index (χ1v) is 8.30. The van der Waals surface area contributed by atoms with Crippen molar-refractivity contribution >= 4 is 29.4 Å². The van der Waals surface area contributed by atoms with Gasteiger partial charge in [0.05, 0.1) is 18.3 Å². The first-order chi connectivity index (χ1) is 11.6. The summed E-state index contributed by atoms with van der Waals surface area (Å²) in [6, 6.07) is 8.24. The van der Waals surface area contributed by atoms with E-state index in [0.29, 0.717) is 28.4 Å². The van der Waals surface area contributed by atoms with Crippen LogP contribution in [0.15, 0.2) is 45.9 Å². The zero-order valence-electron chi connectivity index (χ0n) is 13.0. The Hall–Kier alpha value is -2.47. The van der Waals surface area contributed by atoms with E-state index in [2.05, 4.69) is 0 Å². The number of hydrogen-bond acceptors (Lipinski definition) is 6. The van der Waals surface area contributed by atoms with E-state index in [1.54, 1.807) is 36.4 Å². The quantitative estimate of drug-likeness (QED) is 0.658. The summed E-state index contributed by atoms with van der Waals surface area (Å²) in [5.74, 6) is 0.623. The Morgan fingerprint density at radius 2 is 2.29 bits per heavy atom. The number of carbonyl (C=O) groups excluding carboxylic acids is 2. The number of thioether (sulfide) groups is 1. The van der Waals surface area contributed by atoms with Gasteiger partial charge in [-0.2, -0.15) is 0 Å². The fourth-order valence-corrected chi connectivity index (χ4v) is 3.76. The monoisotopic (exact) mass is 344 g/mol. The lowest BCUT2D eigenvalue weighted by atomic mass is 10.1. The highest BCUT2D eigenvalue weighted by Gasteiger charge is 2.30. The number of allylic oxidation sites excluding steroid dienone is 1. The molecule has 1 fully saturated rings. The number of carbonyl (C=O) groups is 2. The van der Waals surface area contributed by atoms with E-state index >= 15 is 0 Å². The van der Waals surface area contributed by atoms with Crippen LogP contribution in [0.25, 0.3) is 6.08 Å². The number of methoxy groups -OCH3 is 1. The number of benzene rings is 1. The lowest BCUT2D eigenvalue weighted by Crippen LogP contribution is -2.08. The largest absolute Gasteiger partial charge is 0.504 e. The van der Waals surface area contributed by atoms with Gasteiger partial charge in [-0.15, -0.1) is 11.8 Å². The molecule has 1 aliphatic rings. The summed E-state index contributed by atoms with van der Waals surface area (Å²) in [4.78, 5) is 24.8. The van der Waals surface area contributed by atoms with Crippen molar-refractivity contribution in [3.05, 3.63) is 52.8 Å². The van der Waals surface area contributed by atoms with Crippen LogP contribution in [0.1, 0.15) is 29.0 Å². The molecule has 0 spiro atoms. The number of ketones is 2. The van der Waals surface area contributed by atoms with Crippen molar-refractivity contribution in [3.8, 4) is 11.5 Å². The first kappa shape index (κ1) is 16.4. The summed E-state index contributed by atoms with van der Waals surface area (Å²) >= 11 is 1.39. The second-order valence-corrected chi connectivity index (χ2v) is 6.75. The van der Waals surface area contributed by atoms with Gasteiger partial charge in [-0.05, 0) is 35.9 Å². The van der Waals surface area contributed by atoms with Crippen LogP contribution in [0.2, 0.25) is 0 Å². The van der Waals surface area contributed by atoms with Crippen LogP contribution in [0, 0.1) is 0 Å². The van der Waals surface area contributed by atoms with Crippen LogP contribution in [-0.2, 0) is 4.79 Å². The molecule has 2 heterocycles. The van der Waals surface area contributed by atoms with Crippen LogP contribution in [0.5, 0.6) is 11.5 Å². The lowest BCUT2D eigenvalue weighted by Gasteiger charge is -2.05. The van der Waals surface area contributed by atoms with Gasteiger partial charge < -0.3 is 14.3 Å². The molecule has 1 N–H and O–H groups in total. The van der Waals surface area contributed by atoms with E-state index in [0.717, 1.165) is 0 Å². The Balaban J connectivity index is 1.70. The van der Waals surface area contributed by atoms with E-state index in [-0.39, 0.29) is 29.0 Å². The normalized spacial score (nSPS) is 19.0. The first-order valence-electron chi connectivity index (χ1n) is 7.42. The highest BCUT2D eigenvalue weighted by atomic mass is 32.2. The third-order valence-electron chi connectivity index (χ3n) is 3.69. The molecular formula is C18H16O5S. The molecule has 0 aliphatic carbocycles. The van der Waals surface area contributed by atoms with Crippen LogP contribution in [0.4, 0.5) is 0 Å². The second kappa shape index (κ2) is 6.97. The molecule has 1 aliphatic heterocycles. The van der Waals surface area contributed by atoms with Gasteiger partial charge in [0.1, 0.15) is 0 Å². The molecule has 6 heteroatoms. The Kier molecular flexibility index (Phi) is 4.76. The fraction of sp³-hybridized carbons (Fsp3) is 0.222. The van der Waals surface area contributed by atoms with Crippen molar-refractivity contribution in [2.75, 3.05) is 7.11 Å². The molecule has 1 atom stereocenters. The van der Waals surface area contributed by atoms with Gasteiger partial charge in [0.15, 0.2) is 28.8 Å². The van der Waals surface area contributed by atoms with Gasteiger partial charge in [-0.1, -0.05) is 6.07 Å². The number of aromatic hydroxyl groups is 1. The summed E-state index contributed by atoms with van der Waals surface area (Å²) in [5, 5.41) is 9.72. The Bertz CT molecular complexity index is 792. The molecule has 0 amide bonds. The Morgan fingerprint density at radius 3 is 2.96 bits per heavy atom. The molecule has 1 aromatic carbocycles. The van der Waals surface area contributed by atoms with Gasteiger partial charge in [0.25, 0.3) is 0 Å². The molecule has 0 radical (unpaired) electrons. The average molecular weight is 344 g/mol. The molecule has 1 aromatic heterocycles. The number of hydrogen-bond donors (Lipinski definition) is 1. The molecule has 124 valence electrons. The predicted octanol–water partition coefficient (Wildman–Crippen LogP) is 3.68. The lowest BCUT2D eigenvalue weighted by molar-refractivity contribution is -0.114. The summed E-state index contributed by atoms with van der Waals surface area (Å²) < 4.78 is 10.1. The standard InChI is InChI=1S/C18H16O5S/c1-22-16-5-4-11(7-13(16)19)8-18-15(21)10-12(24-18)9-14(20)17-3-2-6-23-17/h2-8,12,19H,9-10H2,1H3/b18-8-. The van der Waals surface area contributed by atoms with Gasteiger partial charge in [0, 0.05) is 18.1 Å². The minimum atomic E-state index is -0.103. The van der Waals surface area contributed by atoms with Gasteiger partial charge in [-0.25, -0.2) is 0 Å². The van der Waals surface area contributed by atoms with Crippen LogP contribution < -0.4 is 4.74 Å². The van der Waals surface area contributed by atoms with E-state index < -0.39 is 0 Å². The topological polar surface area (TPSA) is 76.7 Å². The highest BCUT2D eigenvalue weighted by molar-refractivity contribution is 8.05. The minimum absolute atomic E-state index is 0.00699. The van der Waals surface area contributed by atoms with Crippen LogP contribution in [-0.4, -0.2) is 29.0 Å². The molecule has 2 aromatic rings. The average Bonchev–Trinajstić information content (AvgIpc) is 3.18. The number of rotatable bonds is 5. The van der Waals surface area contributed by atoms with Crippen LogP contribution in [0.3, 0.4) is 0 Å². The molecular weight excluding hydrogens is 328 g/mol. The molecule has 0 saturated carbocycles. The van der Waals surface area contributed by atoms with Crippen molar-refractivity contribution in [1.29, 1.82) is 0 Å². The number of furan rings is 1. The fourth-order valence-electron chi connectivity index (χ4n) is 2.52. The smallest absolute Gasteiger partial charge is 0.199 e. The Morgan fingerprint density at radius 1 is 1.46 bits per heavy atom. The number of Topliss-reactive ketones (excluding diaryl/α,β-unsaturated/α-hetero) is 2. The van der Waals surface area contributed by atoms with E-state index in [4.69, 9.17) is 9.15 Å². The SMILES string of the molecule is COc1ccc(/C=C2\SC(CC(=O)c3ccco3)CC2=O)cc1O. The number of phenols is 1. The number of phenolic OH excluding ortho intramolecular Hbond substituents is 1. The maximum absolute atomic E-state index is 12.2. The minimum Gasteiger partial charge on any atom is -0.504 e. The zero-order valence-corrected chi connectivity index (χ0v) is 13.8. The molecule has 0 bridgehead atoms.